The van der Waals surface area contributed by atoms with Crippen LogP contribution in [0.1, 0.15) is 0 Å². The summed E-state index contributed by atoms with van der Waals surface area (Å²) in [6.45, 7) is 0. The molecule has 0 aliphatic carbocycles. The summed E-state index contributed by atoms with van der Waals surface area (Å²) in [5, 5.41) is 21.2. The van der Waals surface area contributed by atoms with Crippen LogP contribution in [-0.4, -0.2) is 20.2 Å². The van der Waals surface area contributed by atoms with Crippen LogP contribution in [0.15, 0.2) is 36.7 Å². The van der Waals surface area contributed by atoms with Crippen LogP contribution in [0.2, 0.25) is 0 Å². The third-order valence-electron chi connectivity index (χ3n) is 2.58. The molecule has 2 N–H and O–H groups in total. The van der Waals surface area contributed by atoms with Gasteiger partial charge in [-0.3, -0.25) is 0 Å². The molecule has 0 bridgehead atoms. The van der Waals surface area contributed by atoms with Gasteiger partial charge in [-0.15, -0.1) is 0 Å². The molecule has 0 aliphatic rings. The van der Waals surface area contributed by atoms with E-state index in [1.54, 1.807) is 24.3 Å². The molecule has 1 heterocycles. The van der Waals surface area contributed by atoms with Crippen molar-refractivity contribution >= 4 is 21.8 Å². The van der Waals surface area contributed by atoms with Crippen molar-refractivity contribution in [3.05, 3.63) is 36.7 Å². The maximum absolute atomic E-state index is 10.0. The minimum absolute atomic E-state index is 0.0523. The lowest BCUT2D eigenvalue weighted by molar-refractivity contribution is 0.476. The highest BCUT2D eigenvalue weighted by atomic mass is 16.3. The average molecular weight is 212 g/mol. The lowest BCUT2D eigenvalue weighted by Gasteiger charge is -2.06. The van der Waals surface area contributed by atoms with E-state index in [1.807, 2.05) is 0 Å². The standard InChI is InChI=1S/C12H8N2O2/c15-11-7-3-1-2-4-8(7)12(16)10-9(11)13-5-6-14-10/h1-6,15-16H. The van der Waals surface area contributed by atoms with Crippen LogP contribution < -0.4 is 0 Å². The smallest absolute Gasteiger partial charge is 0.151 e. The Bertz CT molecular complexity index is 578. The topological polar surface area (TPSA) is 66.2 Å². The van der Waals surface area contributed by atoms with Gasteiger partial charge in [-0.1, -0.05) is 24.3 Å². The molecule has 2 aromatic carbocycles. The van der Waals surface area contributed by atoms with Crippen LogP contribution in [0.4, 0.5) is 0 Å². The van der Waals surface area contributed by atoms with Gasteiger partial charge >= 0.3 is 0 Å². The molecule has 0 atom stereocenters. The Morgan fingerprint density at radius 2 is 1.19 bits per heavy atom. The van der Waals surface area contributed by atoms with E-state index in [4.69, 9.17) is 0 Å². The quantitative estimate of drug-likeness (QED) is 0.443. The van der Waals surface area contributed by atoms with Crippen molar-refractivity contribution in [3.8, 4) is 11.5 Å². The number of phenols is 2. The molecule has 4 heteroatoms. The number of benzene rings is 2. The van der Waals surface area contributed by atoms with Gasteiger partial charge < -0.3 is 10.2 Å². The molecule has 0 aliphatic heterocycles. The van der Waals surface area contributed by atoms with Gasteiger partial charge in [0.05, 0.1) is 0 Å². The number of aromatic hydroxyl groups is 2. The molecule has 0 spiro atoms. The normalized spacial score (nSPS) is 11.0. The van der Waals surface area contributed by atoms with E-state index in [0.717, 1.165) is 0 Å². The number of fused-ring (bicyclic) bond motifs is 2. The van der Waals surface area contributed by atoms with Crippen molar-refractivity contribution in [3.63, 3.8) is 0 Å². The molecule has 16 heavy (non-hydrogen) atoms. The summed E-state index contributed by atoms with van der Waals surface area (Å²) in [4.78, 5) is 8.04. The zero-order chi connectivity index (χ0) is 11.1. The van der Waals surface area contributed by atoms with Crippen molar-refractivity contribution in [1.82, 2.24) is 9.97 Å². The van der Waals surface area contributed by atoms with E-state index in [9.17, 15) is 10.2 Å². The van der Waals surface area contributed by atoms with Gasteiger partial charge in [0.1, 0.15) is 11.0 Å². The third kappa shape index (κ3) is 1.04. The molecule has 0 amide bonds. The number of phenolic OH excluding ortho intramolecular Hbond substituents is 2. The van der Waals surface area contributed by atoms with Crippen LogP contribution in [0, 0.1) is 0 Å². The summed E-state index contributed by atoms with van der Waals surface area (Å²) in [5.41, 5.74) is 0.636. The van der Waals surface area contributed by atoms with E-state index < -0.39 is 0 Å². The Balaban J connectivity index is 2.67. The first kappa shape index (κ1) is 8.91. The monoisotopic (exact) mass is 212 g/mol. The predicted octanol–water partition coefficient (Wildman–Crippen LogP) is 2.19. The molecule has 0 saturated carbocycles. The molecule has 0 fully saturated rings. The minimum Gasteiger partial charge on any atom is -0.505 e. The Kier molecular flexibility index (Phi) is 1.71. The molecular formula is C12H8N2O2. The largest absolute Gasteiger partial charge is 0.505 e. The number of hydrogen-bond donors (Lipinski definition) is 2. The second kappa shape index (κ2) is 3.06. The maximum Gasteiger partial charge on any atom is 0.151 e. The zero-order valence-electron chi connectivity index (χ0n) is 8.25. The van der Waals surface area contributed by atoms with Gasteiger partial charge in [0.2, 0.25) is 0 Å². The lowest BCUT2D eigenvalue weighted by atomic mass is 10.1. The molecular weight excluding hydrogens is 204 g/mol. The van der Waals surface area contributed by atoms with Crippen LogP contribution in [-0.2, 0) is 0 Å². The third-order valence-corrected chi connectivity index (χ3v) is 2.58. The fraction of sp³-hybridized carbons (Fsp3) is 0. The number of rotatable bonds is 0. The first-order chi connectivity index (χ1) is 7.79. The summed E-state index contributed by atoms with van der Waals surface area (Å²) >= 11 is 0. The molecule has 3 aromatic rings. The van der Waals surface area contributed by atoms with Crippen molar-refractivity contribution < 1.29 is 10.2 Å². The van der Waals surface area contributed by atoms with Gasteiger partial charge in [0.25, 0.3) is 0 Å². The zero-order valence-corrected chi connectivity index (χ0v) is 8.25. The summed E-state index contributed by atoms with van der Waals surface area (Å²) in [7, 11) is 0. The molecule has 3 rings (SSSR count). The summed E-state index contributed by atoms with van der Waals surface area (Å²) < 4.78 is 0. The molecule has 0 saturated heterocycles. The average Bonchev–Trinajstić information content (AvgIpc) is 2.36. The number of hydrogen-bond acceptors (Lipinski definition) is 4. The second-order valence-electron chi connectivity index (χ2n) is 3.50. The number of nitrogens with zero attached hydrogens (tertiary/aromatic N) is 2. The maximum atomic E-state index is 10.0. The van der Waals surface area contributed by atoms with E-state index in [1.165, 1.54) is 12.4 Å². The van der Waals surface area contributed by atoms with Crippen molar-refractivity contribution in [2.45, 2.75) is 0 Å². The summed E-state index contributed by atoms with van der Waals surface area (Å²) in [5.74, 6) is 0.105. The molecule has 78 valence electrons. The first-order valence-electron chi connectivity index (χ1n) is 4.82. The summed E-state index contributed by atoms with van der Waals surface area (Å²) in [6.07, 6.45) is 2.96. The van der Waals surface area contributed by atoms with E-state index in [-0.39, 0.29) is 11.5 Å². The number of aromatic nitrogens is 2. The molecule has 1 aromatic heterocycles. The van der Waals surface area contributed by atoms with Crippen LogP contribution >= 0.6 is 0 Å². The Labute approximate surface area is 90.8 Å². The van der Waals surface area contributed by atoms with Crippen molar-refractivity contribution in [2.24, 2.45) is 0 Å². The van der Waals surface area contributed by atoms with Crippen molar-refractivity contribution in [1.29, 1.82) is 0 Å². The fourth-order valence-electron chi connectivity index (χ4n) is 1.84. The van der Waals surface area contributed by atoms with Gasteiger partial charge in [0, 0.05) is 23.2 Å². The van der Waals surface area contributed by atoms with Crippen LogP contribution in [0.5, 0.6) is 11.5 Å². The molecule has 0 unspecified atom stereocenters. The minimum atomic E-state index is 0.0523. The van der Waals surface area contributed by atoms with Crippen molar-refractivity contribution in [2.75, 3.05) is 0 Å². The van der Waals surface area contributed by atoms with Crippen LogP contribution in [0.3, 0.4) is 0 Å². The van der Waals surface area contributed by atoms with Gasteiger partial charge in [-0.25, -0.2) is 9.97 Å². The van der Waals surface area contributed by atoms with Crippen LogP contribution in [0.25, 0.3) is 21.8 Å². The first-order valence-corrected chi connectivity index (χ1v) is 4.82. The SMILES string of the molecule is Oc1c2ccccc2c(O)c2nccnc12. The van der Waals surface area contributed by atoms with E-state index >= 15 is 0 Å². The fourth-order valence-corrected chi connectivity index (χ4v) is 1.84. The molecule has 4 nitrogen and oxygen atoms in total. The highest BCUT2D eigenvalue weighted by molar-refractivity contribution is 6.07. The molecule has 0 radical (unpaired) electrons. The van der Waals surface area contributed by atoms with Gasteiger partial charge in [-0.2, -0.15) is 0 Å². The highest BCUT2D eigenvalue weighted by Crippen LogP contribution is 2.38. The lowest BCUT2D eigenvalue weighted by Crippen LogP contribution is -1.86. The summed E-state index contributed by atoms with van der Waals surface area (Å²) in [6, 6.07) is 7.06. The Hall–Kier alpha value is -2.36. The van der Waals surface area contributed by atoms with E-state index in [2.05, 4.69) is 9.97 Å². The van der Waals surface area contributed by atoms with Gasteiger partial charge in [0.15, 0.2) is 11.5 Å². The van der Waals surface area contributed by atoms with E-state index in [0.29, 0.717) is 21.8 Å². The Morgan fingerprint density at radius 3 is 1.62 bits per heavy atom. The Morgan fingerprint density at radius 1 is 0.750 bits per heavy atom. The second-order valence-corrected chi connectivity index (χ2v) is 3.50. The van der Waals surface area contributed by atoms with Gasteiger partial charge in [-0.05, 0) is 0 Å². The predicted molar refractivity (Wildman–Crippen MR) is 60.4 cm³/mol. The highest BCUT2D eigenvalue weighted by Gasteiger charge is 2.13.